The topological polar surface area (TPSA) is 68.8 Å². The van der Waals surface area contributed by atoms with E-state index in [1.165, 1.54) is 0 Å². The van der Waals surface area contributed by atoms with Crippen LogP contribution in [0.3, 0.4) is 0 Å². The van der Waals surface area contributed by atoms with Gasteiger partial charge in [0.1, 0.15) is 23.3 Å². The van der Waals surface area contributed by atoms with Gasteiger partial charge in [-0.05, 0) is 50.2 Å². The maximum Gasteiger partial charge on any atom is 0.246 e. The molecule has 0 heterocycles. The van der Waals surface area contributed by atoms with E-state index in [1.54, 1.807) is 39.3 Å². The molecule has 0 aliphatic rings. The van der Waals surface area contributed by atoms with Gasteiger partial charge in [-0.2, -0.15) is 0 Å². The van der Waals surface area contributed by atoms with Crippen LogP contribution in [0.5, 0.6) is 17.2 Å². The van der Waals surface area contributed by atoms with Gasteiger partial charge in [-0.1, -0.05) is 0 Å². The second-order valence-electron chi connectivity index (χ2n) is 5.38. The summed E-state index contributed by atoms with van der Waals surface area (Å²) in [4.78, 5) is 12.5. The predicted octanol–water partition coefficient (Wildman–Crippen LogP) is 3.54. The van der Waals surface area contributed by atoms with E-state index in [1.807, 2.05) is 31.2 Å². The second-order valence-corrected chi connectivity index (χ2v) is 5.38. The molecule has 2 aromatic carbocycles. The summed E-state index contributed by atoms with van der Waals surface area (Å²) in [6, 6.07) is 12.3. The van der Waals surface area contributed by atoms with Crippen LogP contribution in [0.25, 0.3) is 0 Å². The average Bonchev–Trinajstić information content (AvgIpc) is 2.63. The van der Waals surface area contributed by atoms with Gasteiger partial charge < -0.3 is 24.8 Å². The Morgan fingerprint density at radius 2 is 1.72 bits per heavy atom. The number of rotatable bonds is 8. The molecule has 0 aliphatic heterocycles. The van der Waals surface area contributed by atoms with Gasteiger partial charge in [-0.15, -0.1) is 0 Å². The van der Waals surface area contributed by atoms with E-state index in [0.717, 1.165) is 11.4 Å². The third kappa shape index (κ3) is 5.04. The van der Waals surface area contributed by atoms with Gasteiger partial charge in [0.15, 0.2) is 0 Å². The van der Waals surface area contributed by atoms with Gasteiger partial charge in [0.2, 0.25) is 5.91 Å². The average molecular weight is 344 g/mol. The summed E-state index contributed by atoms with van der Waals surface area (Å²) >= 11 is 0. The monoisotopic (exact) mass is 344 g/mol. The van der Waals surface area contributed by atoms with E-state index in [0.29, 0.717) is 23.8 Å². The zero-order valence-corrected chi connectivity index (χ0v) is 15.0. The first-order valence-corrected chi connectivity index (χ1v) is 8.09. The molecule has 25 heavy (non-hydrogen) atoms. The molecule has 0 saturated heterocycles. The normalized spacial score (nSPS) is 11.4. The molecule has 0 radical (unpaired) electrons. The number of benzene rings is 2. The highest BCUT2D eigenvalue weighted by atomic mass is 16.5. The van der Waals surface area contributed by atoms with E-state index >= 15 is 0 Å². The van der Waals surface area contributed by atoms with E-state index < -0.39 is 6.04 Å². The van der Waals surface area contributed by atoms with E-state index in [2.05, 4.69) is 10.6 Å². The lowest BCUT2D eigenvalue weighted by Crippen LogP contribution is -2.32. The molecule has 0 fully saturated rings. The van der Waals surface area contributed by atoms with Crippen molar-refractivity contribution >= 4 is 17.3 Å². The molecular weight excluding hydrogens is 320 g/mol. The van der Waals surface area contributed by atoms with Gasteiger partial charge in [-0.25, -0.2) is 0 Å². The lowest BCUT2D eigenvalue weighted by atomic mass is 10.2. The maximum absolute atomic E-state index is 12.5. The van der Waals surface area contributed by atoms with E-state index in [9.17, 15) is 4.79 Å². The number of amides is 1. The van der Waals surface area contributed by atoms with Crippen molar-refractivity contribution in [3.8, 4) is 17.2 Å². The fourth-order valence-corrected chi connectivity index (χ4v) is 2.28. The van der Waals surface area contributed by atoms with E-state index in [-0.39, 0.29) is 5.91 Å². The number of methoxy groups -OCH3 is 2. The first-order chi connectivity index (χ1) is 12.1. The number of anilines is 2. The van der Waals surface area contributed by atoms with Crippen molar-refractivity contribution < 1.29 is 19.0 Å². The zero-order valence-electron chi connectivity index (χ0n) is 15.0. The summed E-state index contributed by atoms with van der Waals surface area (Å²) in [5.41, 5.74) is 1.40. The third-order valence-corrected chi connectivity index (χ3v) is 3.61. The molecule has 2 aromatic rings. The molecule has 0 saturated carbocycles. The van der Waals surface area contributed by atoms with Crippen molar-refractivity contribution in [3.05, 3.63) is 42.5 Å². The molecule has 1 amide bonds. The molecule has 2 N–H and O–H groups in total. The summed E-state index contributed by atoms with van der Waals surface area (Å²) in [7, 11) is 3.13. The minimum atomic E-state index is -0.436. The largest absolute Gasteiger partial charge is 0.497 e. The smallest absolute Gasteiger partial charge is 0.246 e. The van der Waals surface area contributed by atoms with Crippen LogP contribution in [0, 0.1) is 0 Å². The molecule has 1 unspecified atom stereocenters. The second kappa shape index (κ2) is 8.82. The Labute approximate surface area is 148 Å². The molecule has 0 aromatic heterocycles. The Morgan fingerprint density at radius 1 is 1.04 bits per heavy atom. The standard InChI is InChI=1S/C19H24N2O4/c1-5-25-15-8-6-14(7-9-15)20-13(2)19(22)21-17-12-16(23-3)10-11-18(17)24-4/h6-13,20H,5H2,1-4H3,(H,21,22). The molecule has 134 valence electrons. The molecule has 2 rings (SSSR count). The van der Waals surface area contributed by atoms with Crippen molar-refractivity contribution in [2.45, 2.75) is 19.9 Å². The Hall–Kier alpha value is -2.89. The summed E-state index contributed by atoms with van der Waals surface area (Å²) in [5, 5.41) is 6.01. The molecule has 0 bridgehead atoms. The summed E-state index contributed by atoms with van der Waals surface area (Å²) < 4.78 is 15.9. The van der Waals surface area contributed by atoms with Crippen LogP contribution in [-0.4, -0.2) is 32.8 Å². The number of carbonyl (C=O) groups excluding carboxylic acids is 1. The highest BCUT2D eigenvalue weighted by Gasteiger charge is 2.15. The molecule has 1 atom stereocenters. The van der Waals surface area contributed by atoms with Crippen molar-refractivity contribution in [2.24, 2.45) is 0 Å². The maximum atomic E-state index is 12.5. The van der Waals surface area contributed by atoms with E-state index in [4.69, 9.17) is 14.2 Å². The molecule has 6 nitrogen and oxygen atoms in total. The van der Waals surface area contributed by atoms with Crippen LogP contribution >= 0.6 is 0 Å². The van der Waals surface area contributed by atoms with Gasteiger partial charge in [0.25, 0.3) is 0 Å². The Kier molecular flexibility index (Phi) is 6.51. The van der Waals surface area contributed by atoms with Crippen LogP contribution in [0.4, 0.5) is 11.4 Å². The number of hydrogen-bond acceptors (Lipinski definition) is 5. The highest BCUT2D eigenvalue weighted by molar-refractivity contribution is 5.97. The van der Waals surface area contributed by atoms with Crippen LogP contribution in [-0.2, 0) is 4.79 Å². The number of carbonyl (C=O) groups is 1. The number of nitrogens with one attached hydrogen (secondary N) is 2. The minimum Gasteiger partial charge on any atom is -0.497 e. The van der Waals surface area contributed by atoms with Crippen molar-refractivity contribution in [1.82, 2.24) is 0 Å². The predicted molar refractivity (Wildman–Crippen MR) is 98.9 cm³/mol. The van der Waals surface area contributed by atoms with Crippen molar-refractivity contribution in [2.75, 3.05) is 31.5 Å². The van der Waals surface area contributed by atoms with Crippen LogP contribution in [0.1, 0.15) is 13.8 Å². The summed E-state index contributed by atoms with van der Waals surface area (Å²) in [5.74, 6) is 1.83. The quantitative estimate of drug-likeness (QED) is 0.766. The first kappa shape index (κ1) is 18.4. The lowest BCUT2D eigenvalue weighted by Gasteiger charge is -2.17. The Bertz CT molecular complexity index is 701. The van der Waals surface area contributed by atoms with Gasteiger partial charge in [0, 0.05) is 11.8 Å². The van der Waals surface area contributed by atoms with Gasteiger partial charge in [-0.3, -0.25) is 4.79 Å². The highest BCUT2D eigenvalue weighted by Crippen LogP contribution is 2.29. The van der Waals surface area contributed by atoms with Gasteiger partial charge >= 0.3 is 0 Å². The summed E-state index contributed by atoms with van der Waals surface area (Å²) in [6.45, 7) is 4.35. The van der Waals surface area contributed by atoms with Crippen LogP contribution in [0.15, 0.2) is 42.5 Å². The first-order valence-electron chi connectivity index (χ1n) is 8.09. The fourth-order valence-electron chi connectivity index (χ4n) is 2.28. The SMILES string of the molecule is CCOc1ccc(NC(C)C(=O)Nc2cc(OC)ccc2OC)cc1. The number of hydrogen-bond donors (Lipinski definition) is 2. The number of ether oxygens (including phenoxy) is 3. The van der Waals surface area contributed by atoms with Crippen LogP contribution < -0.4 is 24.8 Å². The molecular formula is C19H24N2O4. The minimum absolute atomic E-state index is 0.180. The fraction of sp³-hybridized carbons (Fsp3) is 0.316. The molecule has 6 heteroatoms. The molecule has 0 spiro atoms. The zero-order chi connectivity index (χ0) is 18.2. The Morgan fingerprint density at radius 3 is 2.32 bits per heavy atom. The third-order valence-electron chi connectivity index (χ3n) is 3.61. The van der Waals surface area contributed by atoms with Crippen molar-refractivity contribution in [3.63, 3.8) is 0 Å². The summed E-state index contributed by atoms with van der Waals surface area (Å²) in [6.07, 6.45) is 0. The van der Waals surface area contributed by atoms with Crippen molar-refractivity contribution in [1.29, 1.82) is 0 Å². The Balaban J connectivity index is 2.02. The van der Waals surface area contributed by atoms with Gasteiger partial charge in [0.05, 0.1) is 26.5 Å². The lowest BCUT2D eigenvalue weighted by molar-refractivity contribution is -0.116. The molecule has 0 aliphatic carbocycles. The van der Waals surface area contributed by atoms with Crippen LogP contribution in [0.2, 0.25) is 0 Å².